The lowest BCUT2D eigenvalue weighted by Crippen LogP contribution is -2.16. The number of H-pyrrole nitrogens is 1. The average Bonchev–Trinajstić information content (AvgIpc) is 2.62. The van der Waals surface area contributed by atoms with E-state index in [-0.39, 0.29) is 22.5 Å². The number of nitrogens with one attached hydrogen (secondary N) is 1. The van der Waals surface area contributed by atoms with Gasteiger partial charge in [0.2, 0.25) is 0 Å². The smallest absolute Gasteiger partial charge is 0.268 e. The minimum atomic E-state index is -0.632. The Morgan fingerprint density at radius 3 is 2.58 bits per heavy atom. The van der Waals surface area contributed by atoms with Gasteiger partial charge in [0.05, 0.1) is 6.61 Å². The largest absolute Gasteiger partial charge is 0.493 e. The van der Waals surface area contributed by atoms with Crippen molar-refractivity contribution in [2.24, 2.45) is 0 Å². The number of ether oxygens (including phenoxy) is 1. The number of rotatable bonds is 7. The lowest BCUT2D eigenvalue weighted by Gasteiger charge is -2.15. The Kier molecular flexibility index (Phi) is 6.82. The molecule has 0 unspecified atom stereocenters. The molecule has 0 atom stereocenters. The highest BCUT2D eigenvalue weighted by Crippen LogP contribution is 2.37. The van der Waals surface area contributed by atoms with Crippen molar-refractivity contribution in [2.45, 2.75) is 32.6 Å². The molecule has 0 spiro atoms. The van der Waals surface area contributed by atoms with Crippen LogP contribution < -0.4 is 16.0 Å². The summed E-state index contributed by atoms with van der Waals surface area (Å²) in [4.78, 5) is 14.5. The van der Waals surface area contributed by atoms with Crippen molar-refractivity contribution in [3.63, 3.8) is 0 Å². The molecule has 0 bridgehead atoms. The van der Waals surface area contributed by atoms with Crippen LogP contribution in [0.4, 0.5) is 5.82 Å². The number of pyridine rings is 1. The average molecular weight is 415 g/mol. The number of nitrogens with zero attached hydrogens (tertiary/aromatic N) is 2. The van der Waals surface area contributed by atoms with Gasteiger partial charge in [0, 0.05) is 15.6 Å². The van der Waals surface area contributed by atoms with Gasteiger partial charge in [0.1, 0.15) is 34.8 Å². The molecule has 134 valence electrons. The van der Waals surface area contributed by atoms with Gasteiger partial charge in [0.15, 0.2) is 0 Å². The third-order valence-electron chi connectivity index (χ3n) is 3.93. The van der Waals surface area contributed by atoms with E-state index < -0.39 is 5.56 Å². The molecule has 26 heavy (non-hydrogen) atoms. The number of nitrogen functional groups attached to an aromatic ring is 1. The van der Waals surface area contributed by atoms with E-state index in [1.807, 2.05) is 12.1 Å². The highest BCUT2D eigenvalue weighted by atomic mass is 79.9. The van der Waals surface area contributed by atoms with E-state index in [2.05, 4.69) is 27.8 Å². The molecule has 7 heteroatoms. The zero-order chi connectivity index (χ0) is 19.1. The van der Waals surface area contributed by atoms with Crippen molar-refractivity contribution in [3.05, 3.63) is 44.2 Å². The number of nitriles is 2. The van der Waals surface area contributed by atoms with Gasteiger partial charge < -0.3 is 15.5 Å². The van der Waals surface area contributed by atoms with Crippen molar-refractivity contribution < 1.29 is 4.74 Å². The number of hydrogen-bond donors (Lipinski definition) is 2. The molecule has 0 aliphatic heterocycles. The van der Waals surface area contributed by atoms with Gasteiger partial charge in [-0.3, -0.25) is 4.79 Å². The van der Waals surface area contributed by atoms with Crippen LogP contribution in [0, 0.1) is 22.7 Å². The number of benzene rings is 1. The number of anilines is 1. The number of aromatic amines is 1. The number of aromatic nitrogens is 1. The first kappa shape index (κ1) is 19.6. The van der Waals surface area contributed by atoms with Crippen molar-refractivity contribution in [3.8, 4) is 29.0 Å². The summed E-state index contributed by atoms with van der Waals surface area (Å²) in [6.07, 6.45) is 4.23. The number of hydrogen-bond acceptors (Lipinski definition) is 5. The minimum absolute atomic E-state index is 0.0510. The van der Waals surface area contributed by atoms with Crippen LogP contribution in [0.1, 0.15) is 43.7 Å². The second-order valence-corrected chi connectivity index (χ2v) is 6.68. The molecule has 2 aromatic rings. The first-order valence-corrected chi connectivity index (χ1v) is 9.11. The first-order chi connectivity index (χ1) is 12.5. The summed E-state index contributed by atoms with van der Waals surface area (Å²) in [5, 5.41) is 18.9. The molecule has 3 N–H and O–H groups in total. The van der Waals surface area contributed by atoms with Crippen molar-refractivity contribution in [2.75, 3.05) is 12.3 Å². The second-order valence-electron chi connectivity index (χ2n) is 5.77. The normalized spacial score (nSPS) is 10.2. The number of nitrogens with two attached hydrogens (primary N) is 1. The van der Waals surface area contributed by atoms with Crippen LogP contribution in [0.25, 0.3) is 11.1 Å². The molecule has 0 fully saturated rings. The van der Waals surface area contributed by atoms with Gasteiger partial charge in [-0.25, -0.2) is 0 Å². The summed E-state index contributed by atoms with van der Waals surface area (Å²) in [5.41, 5.74) is 5.74. The van der Waals surface area contributed by atoms with Crippen LogP contribution in [0.5, 0.6) is 5.75 Å². The van der Waals surface area contributed by atoms with Crippen LogP contribution in [0.3, 0.4) is 0 Å². The van der Waals surface area contributed by atoms with Crippen molar-refractivity contribution in [1.82, 2.24) is 4.98 Å². The van der Waals surface area contributed by atoms with Gasteiger partial charge >= 0.3 is 0 Å². The van der Waals surface area contributed by atoms with Gasteiger partial charge in [0.25, 0.3) is 5.56 Å². The highest BCUT2D eigenvalue weighted by Gasteiger charge is 2.21. The summed E-state index contributed by atoms with van der Waals surface area (Å²) in [5.74, 6) is 0.433. The quantitative estimate of drug-likeness (QED) is 0.661. The van der Waals surface area contributed by atoms with Crippen molar-refractivity contribution >= 4 is 21.7 Å². The third-order valence-corrected chi connectivity index (χ3v) is 4.43. The third kappa shape index (κ3) is 4.25. The molecule has 2 rings (SSSR count). The maximum absolute atomic E-state index is 12.1. The molecule has 0 aliphatic carbocycles. The lowest BCUT2D eigenvalue weighted by molar-refractivity contribution is 0.306. The molecule has 0 radical (unpaired) electrons. The zero-order valence-electron chi connectivity index (χ0n) is 14.4. The monoisotopic (exact) mass is 414 g/mol. The van der Waals surface area contributed by atoms with Crippen LogP contribution in [0.15, 0.2) is 27.5 Å². The lowest BCUT2D eigenvalue weighted by atomic mass is 9.96. The number of unbranched alkanes of at least 4 members (excludes halogenated alkanes) is 3. The maximum Gasteiger partial charge on any atom is 0.268 e. The Hall–Kier alpha value is -2.77. The fourth-order valence-electron chi connectivity index (χ4n) is 2.65. The molecule has 6 nitrogen and oxygen atoms in total. The molecular weight excluding hydrogens is 396 g/mol. The predicted octanol–water partition coefficient (Wildman–Crippen LogP) is 4.09. The Labute approximate surface area is 160 Å². The summed E-state index contributed by atoms with van der Waals surface area (Å²) in [6, 6.07) is 9.13. The molecule has 0 aliphatic rings. The van der Waals surface area contributed by atoms with Crippen LogP contribution >= 0.6 is 15.9 Å². The van der Waals surface area contributed by atoms with E-state index in [0.29, 0.717) is 17.9 Å². The molecule has 0 saturated carbocycles. The van der Waals surface area contributed by atoms with Crippen LogP contribution in [-0.2, 0) is 0 Å². The minimum Gasteiger partial charge on any atom is -0.493 e. The summed E-state index contributed by atoms with van der Waals surface area (Å²) in [7, 11) is 0. The van der Waals surface area contributed by atoms with Crippen LogP contribution in [0.2, 0.25) is 0 Å². The van der Waals surface area contributed by atoms with Gasteiger partial charge in [-0.1, -0.05) is 42.1 Å². The predicted molar refractivity (Wildman–Crippen MR) is 104 cm³/mol. The molecule has 1 aromatic heterocycles. The topological polar surface area (TPSA) is 116 Å². The van der Waals surface area contributed by atoms with E-state index in [0.717, 1.165) is 30.2 Å². The fraction of sp³-hybridized carbons (Fsp3) is 0.316. The molecule has 1 heterocycles. The molecule has 1 aromatic carbocycles. The number of halogens is 1. The van der Waals surface area contributed by atoms with E-state index in [1.54, 1.807) is 18.2 Å². The summed E-state index contributed by atoms with van der Waals surface area (Å²) < 4.78 is 6.61. The van der Waals surface area contributed by atoms with E-state index >= 15 is 0 Å². The van der Waals surface area contributed by atoms with Gasteiger partial charge in [-0.05, 0) is 24.6 Å². The van der Waals surface area contributed by atoms with Crippen molar-refractivity contribution in [1.29, 1.82) is 10.5 Å². The second kappa shape index (κ2) is 9.07. The van der Waals surface area contributed by atoms with E-state index in [1.165, 1.54) is 0 Å². The molecule has 0 amide bonds. The van der Waals surface area contributed by atoms with Gasteiger partial charge in [-0.2, -0.15) is 10.5 Å². The summed E-state index contributed by atoms with van der Waals surface area (Å²) >= 11 is 3.39. The van der Waals surface area contributed by atoms with Gasteiger partial charge in [-0.15, -0.1) is 0 Å². The Morgan fingerprint density at radius 2 is 1.92 bits per heavy atom. The van der Waals surface area contributed by atoms with Crippen LogP contribution in [-0.4, -0.2) is 11.6 Å². The fourth-order valence-corrected chi connectivity index (χ4v) is 3.01. The maximum atomic E-state index is 12.1. The first-order valence-electron chi connectivity index (χ1n) is 8.32. The Bertz CT molecular complexity index is 938. The summed E-state index contributed by atoms with van der Waals surface area (Å²) in [6.45, 7) is 2.65. The van der Waals surface area contributed by atoms with E-state index in [4.69, 9.17) is 10.5 Å². The highest BCUT2D eigenvalue weighted by molar-refractivity contribution is 9.10. The zero-order valence-corrected chi connectivity index (χ0v) is 16.0. The SMILES string of the molecule is CCCCCCOc1ccc(Br)cc1-c1c(C#N)c(N)[nH]c(=O)c1C#N. The molecule has 0 saturated heterocycles. The Balaban J connectivity index is 2.55. The Morgan fingerprint density at radius 1 is 1.19 bits per heavy atom. The standard InChI is InChI=1S/C19H19BrN4O2/c1-2-3-4-5-8-26-16-7-6-12(20)9-13(16)17-14(10-21)18(23)24-19(25)15(17)11-22/h6-7,9H,2-5,8H2,1H3,(H3,23,24,25). The molecular formula is C19H19BrN4O2. The van der Waals surface area contributed by atoms with E-state index in [9.17, 15) is 15.3 Å².